The number of hydrogen-bond donors (Lipinski definition) is 1. The van der Waals surface area contributed by atoms with Gasteiger partial charge in [-0.15, -0.1) is 12.4 Å². The van der Waals surface area contributed by atoms with Gasteiger partial charge in [0.2, 0.25) is 0 Å². The number of nitro benzene ring substituents is 1. The largest absolute Gasteiger partial charge is 0.337 e. The van der Waals surface area contributed by atoms with Crippen LogP contribution in [0.15, 0.2) is 36.5 Å². The van der Waals surface area contributed by atoms with Crippen molar-refractivity contribution in [3.63, 3.8) is 0 Å². The summed E-state index contributed by atoms with van der Waals surface area (Å²) in [5.74, 6) is -0.0496. The van der Waals surface area contributed by atoms with E-state index in [-0.39, 0.29) is 24.0 Å². The number of nitrogens with one attached hydrogen (secondary N) is 1. The molecular formula is C18H22ClN5O3. The van der Waals surface area contributed by atoms with Crippen LogP contribution in [0.5, 0.6) is 0 Å². The highest BCUT2D eigenvalue weighted by Gasteiger charge is 2.38. The van der Waals surface area contributed by atoms with Crippen LogP contribution < -0.4 is 5.32 Å². The SMILES string of the molecule is Cl.O=C(c1ccn(-c2ccc([N+](=O)[O-])cc2)n1)N1CCC2(CCNC2)CC1. The Hall–Kier alpha value is -2.45. The van der Waals surface area contributed by atoms with Gasteiger partial charge in [0.05, 0.1) is 10.6 Å². The summed E-state index contributed by atoms with van der Waals surface area (Å²) in [6, 6.07) is 7.80. The highest BCUT2D eigenvalue weighted by molar-refractivity contribution is 5.92. The number of hydrogen-bond acceptors (Lipinski definition) is 5. The van der Waals surface area contributed by atoms with Gasteiger partial charge < -0.3 is 10.2 Å². The zero-order chi connectivity index (χ0) is 18.1. The average Bonchev–Trinajstić information content (AvgIpc) is 3.32. The molecule has 0 atom stereocenters. The number of carbonyl (C=O) groups is 1. The van der Waals surface area contributed by atoms with Crippen LogP contribution in [0, 0.1) is 15.5 Å². The minimum absolute atomic E-state index is 0. The Morgan fingerprint density at radius 3 is 2.44 bits per heavy atom. The van der Waals surface area contributed by atoms with Gasteiger partial charge >= 0.3 is 0 Å². The molecule has 4 rings (SSSR count). The summed E-state index contributed by atoms with van der Waals surface area (Å²) in [7, 11) is 0. The Labute approximate surface area is 163 Å². The molecule has 3 heterocycles. The lowest BCUT2D eigenvalue weighted by Gasteiger charge is -2.38. The van der Waals surface area contributed by atoms with Gasteiger partial charge in [-0.05, 0) is 49.4 Å². The maximum atomic E-state index is 12.7. The lowest BCUT2D eigenvalue weighted by atomic mass is 9.78. The topological polar surface area (TPSA) is 93.3 Å². The van der Waals surface area contributed by atoms with E-state index in [1.807, 2.05) is 4.90 Å². The Morgan fingerprint density at radius 1 is 1.15 bits per heavy atom. The number of nitrogens with zero attached hydrogens (tertiary/aromatic N) is 4. The molecule has 0 saturated carbocycles. The maximum absolute atomic E-state index is 12.7. The molecule has 27 heavy (non-hydrogen) atoms. The summed E-state index contributed by atoms with van der Waals surface area (Å²) >= 11 is 0. The van der Waals surface area contributed by atoms with E-state index in [9.17, 15) is 14.9 Å². The van der Waals surface area contributed by atoms with E-state index >= 15 is 0 Å². The number of halogens is 1. The van der Waals surface area contributed by atoms with E-state index in [0.29, 0.717) is 16.8 Å². The third kappa shape index (κ3) is 3.81. The van der Waals surface area contributed by atoms with E-state index in [2.05, 4.69) is 10.4 Å². The zero-order valence-electron chi connectivity index (χ0n) is 14.8. The highest BCUT2D eigenvalue weighted by Crippen LogP contribution is 2.37. The Kier molecular flexibility index (Phi) is 5.48. The predicted molar refractivity (Wildman–Crippen MR) is 103 cm³/mol. The number of carbonyl (C=O) groups excluding carboxylic acids is 1. The van der Waals surface area contributed by atoms with Crippen molar-refractivity contribution in [1.82, 2.24) is 20.0 Å². The second kappa shape index (κ2) is 7.66. The molecule has 1 amide bonds. The van der Waals surface area contributed by atoms with Crippen LogP contribution in [-0.4, -0.2) is 51.7 Å². The number of rotatable bonds is 3. The second-order valence-electron chi connectivity index (χ2n) is 7.14. The Morgan fingerprint density at radius 2 is 1.85 bits per heavy atom. The first-order chi connectivity index (χ1) is 12.6. The molecule has 2 aromatic rings. The fraction of sp³-hybridized carbons (Fsp3) is 0.444. The molecule has 8 nitrogen and oxygen atoms in total. The molecule has 0 bridgehead atoms. The molecule has 0 aliphatic carbocycles. The lowest BCUT2D eigenvalue weighted by molar-refractivity contribution is -0.384. The van der Waals surface area contributed by atoms with E-state index in [4.69, 9.17) is 0 Å². The van der Waals surface area contributed by atoms with Gasteiger partial charge in [0.15, 0.2) is 5.69 Å². The third-order valence-corrected chi connectivity index (χ3v) is 5.58. The fourth-order valence-electron chi connectivity index (χ4n) is 3.88. The van der Waals surface area contributed by atoms with Crippen LogP contribution in [0.4, 0.5) is 5.69 Å². The third-order valence-electron chi connectivity index (χ3n) is 5.58. The molecule has 2 aliphatic heterocycles. The van der Waals surface area contributed by atoms with Gasteiger partial charge in [0.1, 0.15) is 0 Å². The summed E-state index contributed by atoms with van der Waals surface area (Å²) in [6.07, 6.45) is 4.98. The summed E-state index contributed by atoms with van der Waals surface area (Å²) in [4.78, 5) is 24.9. The number of likely N-dealkylation sites (tertiary alicyclic amines) is 1. The van der Waals surface area contributed by atoms with E-state index in [1.165, 1.54) is 18.6 Å². The minimum atomic E-state index is -0.440. The summed E-state index contributed by atoms with van der Waals surface area (Å²) in [5.41, 5.74) is 1.49. The highest BCUT2D eigenvalue weighted by atomic mass is 35.5. The van der Waals surface area contributed by atoms with Crippen molar-refractivity contribution in [3.05, 3.63) is 52.3 Å². The van der Waals surface area contributed by atoms with Crippen molar-refractivity contribution >= 4 is 24.0 Å². The number of non-ortho nitro benzene ring substituents is 1. The molecular weight excluding hydrogens is 370 g/mol. The molecule has 1 N–H and O–H groups in total. The molecule has 0 unspecified atom stereocenters. The van der Waals surface area contributed by atoms with E-state index in [0.717, 1.165) is 39.0 Å². The molecule has 144 valence electrons. The lowest BCUT2D eigenvalue weighted by Crippen LogP contribution is -2.44. The molecule has 2 saturated heterocycles. The second-order valence-corrected chi connectivity index (χ2v) is 7.14. The van der Waals surface area contributed by atoms with Crippen molar-refractivity contribution in [3.8, 4) is 5.69 Å². The minimum Gasteiger partial charge on any atom is -0.337 e. The molecule has 1 aromatic carbocycles. The van der Waals surface area contributed by atoms with Gasteiger partial charge in [-0.2, -0.15) is 5.10 Å². The molecule has 0 radical (unpaired) electrons. The molecule has 2 fully saturated rings. The van der Waals surface area contributed by atoms with E-state index in [1.54, 1.807) is 29.1 Å². The molecule has 9 heteroatoms. The summed E-state index contributed by atoms with van der Waals surface area (Å²) in [6.45, 7) is 3.67. The smallest absolute Gasteiger partial charge is 0.274 e. The fourth-order valence-corrected chi connectivity index (χ4v) is 3.88. The van der Waals surface area contributed by atoms with Crippen LogP contribution in [0.1, 0.15) is 29.8 Å². The van der Waals surface area contributed by atoms with Gasteiger partial charge in [0.25, 0.3) is 11.6 Å². The number of benzene rings is 1. The maximum Gasteiger partial charge on any atom is 0.274 e. The van der Waals surface area contributed by atoms with Crippen molar-refractivity contribution in [2.75, 3.05) is 26.2 Å². The van der Waals surface area contributed by atoms with Gasteiger partial charge in [-0.3, -0.25) is 14.9 Å². The first-order valence-electron chi connectivity index (χ1n) is 8.87. The first-order valence-corrected chi connectivity index (χ1v) is 8.87. The molecule has 2 aliphatic rings. The monoisotopic (exact) mass is 391 g/mol. The summed E-state index contributed by atoms with van der Waals surface area (Å²) in [5, 5.41) is 18.5. The summed E-state index contributed by atoms with van der Waals surface area (Å²) < 4.78 is 1.57. The first kappa shape index (κ1) is 19.3. The average molecular weight is 392 g/mol. The van der Waals surface area contributed by atoms with Crippen molar-refractivity contribution in [1.29, 1.82) is 0 Å². The van der Waals surface area contributed by atoms with Gasteiger partial charge in [-0.25, -0.2) is 4.68 Å². The zero-order valence-corrected chi connectivity index (χ0v) is 15.7. The van der Waals surface area contributed by atoms with Crippen molar-refractivity contribution in [2.24, 2.45) is 5.41 Å². The molecule has 1 spiro atoms. The van der Waals surface area contributed by atoms with Crippen LogP contribution in [0.2, 0.25) is 0 Å². The Balaban J connectivity index is 0.00000210. The quantitative estimate of drug-likeness (QED) is 0.640. The van der Waals surface area contributed by atoms with Crippen LogP contribution in [0.25, 0.3) is 5.69 Å². The number of aromatic nitrogens is 2. The van der Waals surface area contributed by atoms with Crippen molar-refractivity contribution in [2.45, 2.75) is 19.3 Å². The van der Waals surface area contributed by atoms with Gasteiger partial charge in [-0.1, -0.05) is 0 Å². The van der Waals surface area contributed by atoms with Crippen LogP contribution in [-0.2, 0) is 0 Å². The normalized spacial score (nSPS) is 18.3. The van der Waals surface area contributed by atoms with E-state index < -0.39 is 4.92 Å². The standard InChI is InChI=1S/C18H21N5O3.ClH/c24-17(21-11-7-18(8-12-21)6-9-19-13-18)16-5-10-22(20-16)14-1-3-15(4-2-14)23(25)26;/h1-5,10,19H,6-9,11-13H2;1H. The van der Waals surface area contributed by atoms with Gasteiger partial charge in [0, 0.05) is 38.0 Å². The number of piperidine rings is 1. The van der Waals surface area contributed by atoms with Crippen LogP contribution >= 0.6 is 12.4 Å². The van der Waals surface area contributed by atoms with Crippen molar-refractivity contribution < 1.29 is 9.72 Å². The number of amides is 1. The Bertz CT molecular complexity index is 820. The predicted octanol–water partition coefficient (Wildman–Crippen LogP) is 2.42. The number of nitro groups is 1. The van der Waals surface area contributed by atoms with Crippen LogP contribution in [0.3, 0.4) is 0 Å². The molecule has 1 aromatic heterocycles.